The fraction of sp³-hybridized carbons (Fsp3) is 0.304. The first-order chi connectivity index (χ1) is 13.2. The Labute approximate surface area is 162 Å². The van der Waals surface area contributed by atoms with E-state index in [0.717, 1.165) is 22.4 Å². The lowest BCUT2D eigenvalue weighted by Crippen LogP contribution is -2.32. The summed E-state index contributed by atoms with van der Waals surface area (Å²) >= 11 is 0. The van der Waals surface area contributed by atoms with E-state index in [1.54, 1.807) is 13.0 Å². The molecule has 0 atom stereocenters. The highest BCUT2D eigenvalue weighted by Gasteiger charge is 2.25. The van der Waals surface area contributed by atoms with Crippen LogP contribution in [-0.4, -0.2) is 4.98 Å². The van der Waals surface area contributed by atoms with E-state index in [1.807, 2.05) is 18.5 Å². The number of rotatable bonds is 2. The summed E-state index contributed by atoms with van der Waals surface area (Å²) in [7, 11) is 1.97. The molecule has 5 heteroatoms. The average Bonchev–Trinajstić information content (AvgIpc) is 2.96. The Morgan fingerprint density at radius 2 is 1.71 bits per heavy atom. The summed E-state index contributed by atoms with van der Waals surface area (Å²) < 4.78 is 36.8. The van der Waals surface area contributed by atoms with E-state index in [0.29, 0.717) is 27.8 Å². The molecule has 4 aromatic rings. The Bertz CT molecular complexity index is 1260. The predicted octanol–water partition coefficient (Wildman–Crippen LogP) is 5.80. The SMILES string of the molecule is Cc1cc(-c2c(C)cc(F)c3c2oc2nc(F)c(C)cc23)[n+](C)cc1C(C)C. The van der Waals surface area contributed by atoms with E-state index in [9.17, 15) is 8.78 Å². The van der Waals surface area contributed by atoms with Gasteiger partial charge in [0.25, 0.3) is 0 Å². The van der Waals surface area contributed by atoms with Crippen LogP contribution >= 0.6 is 0 Å². The second kappa shape index (κ2) is 6.36. The Morgan fingerprint density at radius 1 is 1.00 bits per heavy atom. The molecule has 3 aromatic heterocycles. The Morgan fingerprint density at radius 3 is 2.39 bits per heavy atom. The first-order valence-electron chi connectivity index (χ1n) is 9.38. The van der Waals surface area contributed by atoms with Crippen LogP contribution in [0.2, 0.25) is 0 Å². The molecule has 3 heterocycles. The summed E-state index contributed by atoms with van der Waals surface area (Å²) in [5.41, 5.74) is 5.77. The second-order valence-electron chi connectivity index (χ2n) is 7.87. The largest absolute Gasteiger partial charge is 0.437 e. The standard InChI is InChI=1S/C23H23F2N2O/c1-11(2)16-10-27(6)18(9-12(16)3)19-13(4)8-17(24)20-15-7-14(5)22(25)26-23(15)28-21(19)20/h7-11H,1-6H3/q+1. The number of nitrogens with zero attached hydrogens (tertiary/aromatic N) is 2. The van der Waals surface area contributed by atoms with Crippen LogP contribution in [0.1, 0.15) is 42.0 Å². The molecule has 0 N–H and O–H groups in total. The van der Waals surface area contributed by atoms with Crippen LogP contribution < -0.4 is 4.57 Å². The summed E-state index contributed by atoms with van der Waals surface area (Å²) in [5.74, 6) is -0.593. The van der Waals surface area contributed by atoms with Gasteiger partial charge in [-0.2, -0.15) is 9.37 Å². The lowest BCUT2D eigenvalue weighted by Gasteiger charge is -2.11. The highest BCUT2D eigenvalue weighted by atomic mass is 19.1. The molecule has 0 radical (unpaired) electrons. The summed E-state index contributed by atoms with van der Waals surface area (Å²) in [4.78, 5) is 3.89. The molecule has 28 heavy (non-hydrogen) atoms. The van der Waals surface area contributed by atoms with Gasteiger partial charge in [0.1, 0.15) is 12.9 Å². The minimum absolute atomic E-state index is 0.113. The maximum absolute atomic E-state index is 14.9. The van der Waals surface area contributed by atoms with E-state index in [4.69, 9.17) is 4.42 Å². The van der Waals surface area contributed by atoms with Crippen molar-refractivity contribution in [2.24, 2.45) is 7.05 Å². The smallest absolute Gasteiger partial charge is 0.230 e. The first kappa shape index (κ1) is 18.5. The minimum atomic E-state index is -0.604. The van der Waals surface area contributed by atoms with Crippen LogP contribution in [-0.2, 0) is 7.05 Å². The van der Waals surface area contributed by atoms with Gasteiger partial charge in [0.05, 0.1) is 16.3 Å². The third kappa shape index (κ3) is 2.68. The number of pyridine rings is 2. The van der Waals surface area contributed by atoms with Crippen molar-refractivity contribution in [2.45, 2.75) is 40.5 Å². The molecule has 1 aromatic carbocycles. The number of hydrogen-bond donors (Lipinski definition) is 0. The molecular formula is C23H23F2N2O+. The van der Waals surface area contributed by atoms with Gasteiger partial charge in [0.2, 0.25) is 17.4 Å². The molecule has 144 valence electrons. The molecule has 3 nitrogen and oxygen atoms in total. The second-order valence-corrected chi connectivity index (χ2v) is 7.87. The molecule has 0 spiro atoms. The normalized spacial score (nSPS) is 11.9. The number of halogens is 2. The third-order valence-corrected chi connectivity index (χ3v) is 5.41. The molecule has 0 aliphatic carbocycles. The quantitative estimate of drug-likeness (QED) is 0.324. The number of furan rings is 1. The van der Waals surface area contributed by atoms with Gasteiger partial charge in [-0.05, 0) is 49.9 Å². The van der Waals surface area contributed by atoms with E-state index in [1.165, 1.54) is 11.6 Å². The van der Waals surface area contributed by atoms with Gasteiger partial charge >= 0.3 is 0 Å². The van der Waals surface area contributed by atoms with Crippen LogP contribution in [0.25, 0.3) is 33.3 Å². The zero-order valence-corrected chi connectivity index (χ0v) is 16.9. The van der Waals surface area contributed by atoms with Crippen LogP contribution in [0, 0.1) is 32.5 Å². The van der Waals surface area contributed by atoms with E-state index >= 15 is 0 Å². The third-order valence-electron chi connectivity index (χ3n) is 5.41. The Hall–Kier alpha value is -2.82. The number of aromatic nitrogens is 2. The van der Waals surface area contributed by atoms with Gasteiger partial charge in [-0.25, -0.2) is 8.96 Å². The summed E-state index contributed by atoms with van der Waals surface area (Å²) in [6.45, 7) is 9.86. The molecule has 0 fully saturated rings. The minimum Gasteiger partial charge on any atom is -0.437 e. The fourth-order valence-corrected chi connectivity index (χ4v) is 3.97. The molecular weight excluding hydrogens is 358 g/mol. The van der Waals surface area contributed by atoms with E-state index in [2.05, 4.69) is 38.0 Å². The fourth-order valence-electron chi connectivity index (χ4n) is 3.97. The van der Waals surface area contributed by atoms with Crippen LogP contribution in [0.5, 0.6) is 0 Å². The van der Waals surface area contributed by atoms with Crippen LogP contribution in [0.15, 0.2) is 28.8 Å². The van der Waals surface area contributed by atoms with Crippen molar-refractivity contribution in [3.8, 4) is 11.3 Å². The highest BCUT2D eigenvalue weighted by Crippen LogP contribution is 2.39. The van der Waals surface area contributed by atoms with E-state index in [-0.39, 0.29) is 11.5 Å². The summed E-state index contributed by atoms with van der Waals surface area (Å²) in [6, 6.07) is 5.21. The number of aryl methyl sites for hydroxylation is 4. The first-order valence-corrected chi connectivity index (χ1v) is 9.38. The zero-order chi connectivity index (χ0) is 20.3. The maximum Gasteiger partial charge on any atom is 0.230 e. The number of hydrogen-bond acceptors (Lipinski definition) is 2. The van der Waals surface area contributed by atoms with Crippen molar-refractivity contribution in [3.05, 3.63) is 58.4 Å². The predicted molar refractivity (Wildman–Crippen MR) is 106 cm³/mol. The van der Waals surface area contributed by atoms with Crippen molar-refractivity contribution < 1.29 is 17.8 Å². The molecule has 0 unspecified atom stereocenters. The van der Waals surface area contributed by atoms with Crippen molar-refractivity contribution in [3.63, 3.8) is 0 Å². The lowest BCUT2D eigenvalue weighted by atomic mass is 9.95. The molecule has 0 aliphatic heterocycles. The van der Waals surface area contributed by atoms with Crippen molar-refractivity contribution in [1.29, 1.82) is 0 Å². The van der Waals surface area contributed by atoms with Gasteiger partial charge in [0, 0.05) is 17.2 Å². The Balaban J connectivity index is 2.12. The van der Waals surface area contributed by atoms with Crippen LogP contribution in [0.3, 0.4) is 0 Å². The van der Waals surface area contributed by atoms with Gasteiger partial charge in [-0.1, -0.05) is 13.8 Å². The zero-order valence-electron chi connectivity index (χ0n) is 16.9. The number of fused-ring (bicyclic) bond motifs is 3. The summed E-state index contributed by atoms with van der Waals surface area (Å²) in [6.07, 6.45) is 2.11. The maximum atomic E-state index is 14.9. The van der Waals surface area contributed by atoms with E-state index < -0.39 is 5.95 Å². The highest BCUT2D eigenvalue weighted by molar-refractivity contribution is 6.09. The molecule has 0 bridgehead atoms. The number of benzene rings is 1. The van der Waals surface area contributed by atoms with Crippen molar-refractivity contribution in [2.75, 3.05) is 0 Å². The van der Waals surface area contributed by atoms with Gasteiger partial charge in [-0.15, -0.1) is 0 Å². The molecule has 0 aliphatic rings. The molecule has 0 saturated heterocycles. The molecule has 0 amide bonds. The lowest BCUT2D eigenvalue weighted by molar-refractivity contribution is -0.660. The van der Waals surface area contributed by atoms with Gasteiger partial charge in [0.15, 0.2) is 11.8 Å². The van der Waals surface area contributed by atoms with Crippen LogP contribution in [0.4, 0.5) is 8.78 Å². The topological polar surface area (TPSA) is 29.9 Å². The van der Waals surface area contributed by atoms with Crippen molar-refractivity contribution in [1.82, 2.24) is 4.98 Å². The molecule has 4 rings (SSSR count). The van der Waals surface area contributed by atoms with Crippen molar-refractivity contribution >= 4 is 22.1 Å². The molecule has 0 saturated carbocycles. The van der Waals surface area contributed by atoms with Gasteiger partial charge in [-0.3, -0.25) is 0 Å². The van der Waals surface area contributed by atoms with Gasteiger partial charge < -0.3 is 4.42 Å². The Kier molecular flexibility index (Phi) is 4.21. The average molecular weight is 381 g/mol. The summed E-state index contributed by atoms with van der Waals surface area (Å²) in [5, 5.41) is 0.836. The monoisotopic (exact) mass is 381 g/mol.